The number of aromatic nitrogens is 1. The average molecular weight is 561 g/mol. The first-order valence-electron chi connectivity index (χ1n) is 15.2. The number of hydrogen-bond donors (Lipinski definition) is 2. The number of carbonyl (C=O) groups is 2. The molecule has 1 rings (SSSR count). The van der Waals surface area contributed by atoms with E-state index in [1.54, 1.807) is 24.5 Å². The van der Waals surface area contributed by atoms with Gasteiger partial charge in [0.05, 0.1) is 5.56 Å². The van der Waals surface area contributed by atoms with E-state index in [1.807, 2.05) is 0 Å². The van der Waals surface area contributed by atoms with E-state index in [1.165, 1.54) is 0 Å². The van der Waals surface area contributed by atoms with Crippen LogP contribution in [0.15, 0.2) is 97.4 Å². The summed E-state index contributed by atoms with van der Waals surface area (Å²) in [4.78, 5) is 30.4. The van der Waals surface area contributed by atoms with E-state index in [2.05, 4.69) is 107 Å². The van der Waals surface area contributed by atoms with E-state index >= 15 is 0 Å². The van der Waals surface area contributed by atoms with Gasteiger partial charge in [0.25, 0.3) is 5.91 Å². The monoisotopic (exact) mass is 560 g/mol. The third kappa shape index (κ3) is 21.9. The molecule has 1 aromatic heterocycles. The molecule has 41 heavy (non-hydrogen) atoms. The zero-order chi connectivity index (χ0) is 29.6. The molecule has 0 fully saturated rings. The molecule has 224 valence electrons. The molecule has 0 aliphatic rings. The number of nitrogens with one attached hydrogen (secondary N) is 2. The summed E-state index contributed by atoms with van der Waals surface area (Å²) < 4.78 is 0. The third-order valence-corrected chi connectivity index (χ3v) is 6.19. The second-order valence-electron chi connectivity index (χ2n) is 9.59. The lowest BCUT2D eigenvalue weighted by molar-refractivity contribution is -0.121. The van der Waals surface area contributed by atoms with Crippen LogP contribution in [0.1, 0.15) is 82.0 Å². The molecule has 6 nitrogen and oxygen atoms in total. The standard InChI is InChI=1S/C35H52N4O2/c1-3-5-6-7-8-9-10-11-12-13-14-15-16-17-18-19-20-21-22-26-34(40)37-28-24-30-39(4-2)31-29-38-35(41)33-25-23-27-36-32-33/h5-6,8-9,11-12,14-15,17-18,20-21,23,25,27,32H,3-4,7,10,13,16,19,22,24,26,28-31H2,1-2H3,(H,37,40)(H,38,41). The Bertz CT molecular complexity index is 977. The van der Waals surface area contributed by atoms with Gasteiger partial charge in [-0.25, -0.2) is 0 Å². The lowest BCUT2D eigenvalue weighted by Gasteiger charge is -2.20. The Morgan fingerprint density at radius 3 is 1.88 bits per heavy atom. The van der Waals surface area contributed by atoms with Crippen LogP contribution >= 0.6 is 0 Å². The number of hydrogen-bond acceptors (Lipinski definition) is 4. The summed E-state index contributed by atoms with van der Waals surface area (Å²) >= 11 is 0. The predicted molar refractivity (Wildman–Crippen MR) is 174 cm³/mol. The first-order chi connectivity index (χ1) is 20.2. The van der Waals surface area contributed by atoms with Gasteiger partial charge in [0.1, 0.15) is 0 Å². The second-order valence-corrected chi connectivity index (χ2v) is 9.59. The summed E-state index contributed by atoms with van der Waals surface area (Å²) in [6.45, 7) is 8.07. The second kappa shape index (κ2) is 26.7. The first-order valence-corrected chi connectivity index (χ1v) is 15.2. The van der Waals surface area contributed by atoms with E-state index in [-0.39, 0.29) is 11.8 Å². The van der Waals surface area contributed by atoms with Gasteiger partial charge in [-0.05, 0) is 76.6 Å². The van der Waals surface area contributed by atoms with Crippen molar-refractivity contribution in [3.05, 3.63) is 103 Å². The van der Waals surface area contributed by atoms with Crippen LogP contribution in [-0.4, -0.2) is 54.4 Å². The molecule has 1 aromatic rings. The van der Waals surface area contributed by atoms with Crippen LogP contribution in [0.2, 0.25) is 0 Å². The molecule has 0 aliphatic heterocycles. The zero-order valence-electron chi connectivity index (χ0n) is 25.3. The Kier molecular flexibility index (Phi) is 23.1. The van der Waals surface area contributed by atoms with Crippen LogP contribution in [-0.2, 0) is 4.79 Å². The zero-order valence-corrected chi connectivity index (χ0v) is 25.3. The van der Waals surface area contributed by atoms with Crippen molar-refractivity contribution in [2.24, 2.45) is 0 Å². The fraction of sp³-hybridized carbons (Fsp3) is 0.457. The van der Waals surface area contributed by atoms with Gasteiger partial charge in [-0.1, -0.05) is 86.8 Å². The summed E-state index contributed by atoms with van der Waals surface area (Å²) in [5.74, 6) is -0.00960. The first kappa shape index (κ1) is 35.5. The van der Waals surface area contributed by atoms with Gasteiger partial charge in [0.2, 0.25) is 5.91 Å². The SMILES string of the molecule is CCC=CCC=CCC=CCC=CCC=CCC=CCCC(=O)NCCCN(CC)CCNC(=O)c1cccnc1. The van der Waals surface area contributed by atoms with Crippen molar-refractivity contribution in [2.45, 2.75) is 71.6 Å². The highest BCUT2D eigenvalue weighted by Crippen LogP contribution is 1.99. The van der Waals surface area contributed by atoms with E-state index in [9.17, 15) is 9.59 Å². The van der Waals surface area contributed by atoms with Gasteiger partial charge in [-0.15, -0.1) is 0 Å². The molecular weight excluding hydrogens is 508 g/mol. The highest BCUT2D eigenvalue weighted by atomic mass is 16.2. The van der Waals surface area contributed by atoms with Crippen LogP contribution in [0.3, 0.4) is 0 Å². The molecule has 0 spiro atoms. The summed E-state index contributed by atoms with van der Waals surface area (Å²) in [5, 5.41) is 5.94. The maximum Gasteiger partial charge on any atom is 0.252 e. The molecule has 0 unspecified atom stereocenters. The quantitative estimate of drug-likeness (QED) is 0.110. The van der Waals surface area contributed by atoms with Crippen LogP contribution < -0.4 is 10.6 Å². The minimum atomic E-state index is -0.103. The largest absolute Gasteiger partial charge is 0.356 e. The van der Waals surface area contributed by atoms with Gasteiger partial charge in [-0.3, -0.25) is 14.6 Å². The molecule has 1 heterocycles. The highest BCUT2D eigenvalue weighted by Gasteiger charge is 2.07. The van der Waals surface area contributed by atoms with Crippen LogP contribution in [0, 0.1) is 0 Å². The topological polar surface area (TPSA) is 74.3 Å². The van der Waals surface area contributed by atoms with Crippen molar-refractivity contribution >= 4 is 11.8 Å². The van der Waals surface area contributed by atoms with Crippen LogP contribution in [0.25, 0.3) is 0 Å². The van der Waals surface area contributed by atoms with E-state index in [4.69, 9.17) is 0 Å². The van der Waals surface area contributed by atoms with Gasteiger partial charge in [0.15, 0.2) is 0 Å². The molecular formula is C35H52N4O2. The number of pyridine rings is 1. The Hall–Kier alpha value is -3.51. The molecule has 0 aliphatic carbocycles. The number of nitrogens with zero attached hydrogens (tertiary/aromatic N) is 2. The summed E-state index contributed by atoms with van der Waals surface area (Å²) in [6.07, 6.45) is 37.5. The molecule has 6 heteroatoms. The molecule has 0 bridgehead atoms. The van der Waals surface area contributed by atoms with Gasteiger partial charge in [-0.2, -0.15) is 0 Å². The Morgan fingerprint density at radius 1 is 0.756 bits per heavy atom. The lowest BCUT2D eigenvalue weighted by atomic mass is 10.2. The van der Waals surface area contributed by atoms with E-state index in [0.717, 1.165) is 71.0 Å². The molecule has 0 saturated carbocycles. The maximum absolute atomic E-state index is 12.1. The smallest absolute Gasteiger partial charge is 0.252 e. The van der Waals surface area contributed by atoms with Gasteiger partial charge in [0, 0.05) is 38.4 Å². The molecule has 0 saturated heterocycles. The molecule has 0 radical (unpaired) electrons. The Labute approximate surface area is 249 Å². The van der Waals surface area contributed by atoms with Crippen LogP contribution in [0.5, 0.6) is 0 Å². The van der Waals surface area contributed by atoms with Crippen molar-refractivity contribution in [3.63, 3.8) is 0 Å². The molecule has 2 N–H and O–H groups in total. The normalized spacial score (nSPS) is 12.4. The molecule has 0 atom stereocenters. The number of likely N-dealkylation sites (N-methyl/N-ethyl adjacent to an activating group) is 1. The maximum atomic E-state index is 12.1. The molecule has 0 aromatic carbocycles. The van der Waals surface area contributed by atoms with E-state index in [0.29, 0.717) is 25.1 Å². The molecule has 2 amide bonds. The number of amides is 2. The Balaban J connectivity index is 1.99. The van der Waals surface area contributed by atoms with Gasteiger partial charge < -0.3 is 15.5 Å². The average Bonchev–Trinajstić information content (AvgIpc) is 2.99. The Morgan fingerprint density at radius 2 is 1.34 bits per heavy atom. The summed E-state index contributed by atoms with van der Waals surface area (Å²) in [6, 6.07) is 3.51. The number of rotatable bonds is 23. The minimum Gasteiger partial charge on any atom is -0.356 e. The fourth-order valence-electron chi connectivity index (χ4n) is 3.83. The van der Waals surface area contributed by atoms with Gasteiger partial charge >= 0.3 is 0 Å². The van der Waals surface area contributed by atoms with Crippen molar-refractivity contribution < 1.29 is 9.59 Å². The van der Waals surface area contributed by atoms with Crippen molar-refractivity contribution in [2.75, 3.05) is 32.7 Å². The van der Waals surface area contributed by atoms with Crippen molar-refractivity contribution in [3.8, 4) is 0 Å². The van der Waals surface area contributed by atoms with Crippen LogP contribution in [0.4, 0.5) is 0 Å². The summed E-state index contributed by atoms with van der Waals surface area (Å²) in [5.41, 5.74) is 0.572. The predicted octanol–water partition coefficient (Wildman–Crippen LogP) is 7.12. The number of carbonyl (C=O) groups excluding carboxylic acids is 2. The fourth-order valence-corrected chi connectivity index (χ4v) is 3.83. The third-order valence-electron chi connectivity index (χ3n) is 6.19. The highest BCUT2D eigenvalue weighted by molar-refractivity contribution is 5.93. The number of allylic oxidation sites excluding steroid dienone is 12. The van der Waals surface area contributed by atoms with Crippen molar-refractivity contribution in [1.29, 1.82) is 0 Å². The summed E-state index contributed by atoms with van der Waals surface area (Å²) in [7, 11) is 0. The minimum absolute atomic E-state index is 0.0938. The van der Waals surface area contributed by atoms with Crippen molar-refractivity contribution in [1.82, 2.24) is 20.5 Å². The lowest BCUT2D eigenvalue weighted by Crippen LogP contribution is -2.36. The van der Waals surface area contributed by atoms with E-state index < -0.39 is 0 Å².